The lowest BCUT2D eigenvalue weighted by Gasteiger charge is -2.38. The molecule has 31 heavy (non-hydrogen) atoms. The van der Waals surface area contributed by atoms with Gasteiger partial charge in [0.1, 0.15) is 0 Å². The maximum atomic E-state index is 13.7. The van der Waals surface area contributed by atoms with Gasteiger partial charge in [-0.25, -0.2) is 4.98 Å². The van der Waals surface area contributed by atoms with Crippen LogP contribution in [-0.4, -0.2) is 34.6 Å². The topological polar surface area (TPSA) is 64.4 Å². The van der Waals surface area contributed by atoms with E-state index in [9.17, 15) is 9.59 Å². The molecule has 0 fully saturated rings. The van der Waals surface area contributed by atoms with Crippen molar-refractivity contribution in [3.05, 3.63) is 59.1 Å². The number of benzene rings is 2. The number of anilines is 1. The fourth-order valence-corrected chi connectivity index (χ4v) is 4.52. The van der Waals surface area contributed by atoms with E-state index in [2.05, 4.69) is 6.92 Å². The number of esters is 1. The van der Waals surface area contributed by atoms with Gasteiger partial charge in [0.15, 0.2) is 5.92 Å². The first kappa shape index (κ1) is 21.4. The maximum absolute atomic E-state index is 13.7. The lowest BCUT2D eigenvalue weighted by Crippen LogP contribution is -2.50. The minimum atomic E-state index is -1.04. The Labute approximate surface area is 186 Å². The average molecular weight is 440 g/mol. The van der Waals surface area contributed by atoms with E-state index in [1.165, 1.54) is 0 Å². The number of fused-ring (bicyclic) bond motifs is 3. The summed E-state index contributed by atoms with van der Waals surface area (Å²) in [4.78, 5) is 33.2. The Balaban J connectivity index is 1.96. The lowest BCUT2D eigenvalue weighted by atomic mass is 9.89. The van der Waals surface area contributed by atoms with E-state index < -0.39 is 17.9 Å². The quantitative estimate of drug-likeness (QED) is 0.295. The van der Waals surface area contributed by atoms with Gasteiger partial charge in [-0.2, -0.15) is 0 Å². The molecule has 0 unspecified atom stereocenters. The third kappa shape index (κ3) is 3.81. The first-order valence-electron chi connectivity index (χ1n) is 10.8. The number of unbranched alkanes of at least 4 members (excludes halogenated alkanes) is 2. The van der Waals surface area contributed by atoms with Crippen LogP contribution in [0.1, 0.15) is 44.7 Å². The van der Waals surface area contributed by atoms with Gasteiger partial charge in [0, 0.05) is 11.6 Å². The SMILES string of the molecule is CCCCCN1C(=O)[C@@H](C(=O)OCC)[C@H](c2ccccc2Cl)n2c1nc1ccccc12. The number of hydrogen-bond acceptors (Lipinski definition) is 4. The summed E-state index contributed by atoms with van der Waals surface area (Å²) in [5, 5.41) is 0.498. The third-order valence-electron chi connectivity index (χ3n) is 5.69. The molecule has 0 saturated carbocycles. The first-order valence-corrected chi connectivity index (χ1v) is 11.2. The van der Waals surface area contributed by atoms with E-state index in [0.717, 1.165) is 30.3 Å². The molecule has 1 amide bonds. The Morgan fingerprint density at radius 3 is 2.58 bits per heavy atom. The first-order chi connectivity index (χ1) is 15.1. The average Bonchev–Trinajstić information content (AvgIpc) is 3.14. The summed E-state index contributed by atoms with van der Waals surface area (Å²) in [5.41, 5.74) is 2.32. The number of ether oxygens (including phenoxy) is 1. The van der Waals surface area contributed by atoms with Crippen LogP contribution in [0.3, 0.4) is 0 Å². The van der Waals surface area contributed by atoms with E-state index in [1.807, 2.05) is 47.0 Å². The standard InChI is InChI=1S/C24H26ClN3O3/c1-3-5-10-15-27-22(29)20(23(30)31-4-2)21(16-11-6-7-12-17(16)25)28-19-14-9-8-13-18(19)26-24(27)28/h6-9,11-14,20-21H,3-5,10,15H2,1-2H3/t20-,21-/m0/s1. The molecule has 0 aliphatic carbocycles. The van der Waals surface area contributed by atoms with E-state index in [0.29, 0.717) is 23.1 Å². The summed E-state index contributed by atoms with van der Waals surface area (Å²) in [6, 6.07) is 14.4. The summed E-state index contributed by atoms with van der Waals surface area (Å²) in [6.07, 6.45) is 2.85. The van der Waals surface area contributed by atoms with E-state index in [1.54, 1.807) is 17.9 Å². The Bertz CT molecular complexity index is 1110. The number of aromatic nitrogens is 2. The number of rotatable bonds is 7. The van der Waals surface area contributed by atoms with Gasteiger partial charge in [-0.1, -0.05) is 61.7 Å². The van der Waals surface area contributed by atoms with Crippen LogP contribution in [0.15, 0.2) is 48.5 Å². The maximum Gasteiger partial charge on any atom is 0.321 e. The number of carbonyl (C=O) groups excluding carboxylic acids is 2. The molecule has 0 saturated heterocycles. The Kier molecular flexibility index (Phi) is 6.28. The molecular formula is C24H26ClN3O3. The van der Waals surface area contributed by atoms with Crippen LogP contribution >= 0.6 is 11.6 Å². The van der Waals surface area contributed by atoms with Crippen molar-refractivity contribution in [3.8, 4) is 0 Å². The molecule has 6 nitrogen and oxygen atoms in total. The molecule has 0 spiro atoms. The largest absolute Gasteiger partial charge is 0.465 e. The molecule has 2 aromatic carbocycles. The number of para-hydroxylation sites is 2. The van der Waals surface area contributed by atoms with Crippen LogP contribution in [0, 0.1) is 5.92 Å². The van der Waals surface area contributed by atoms with Gasteiger partial charge in [0.2, 0.25) is 11.9 Å². The van der Waals surface area contributed by atoms with Gasteiger partial charge in [-0.3, -0.25) is 14.5 Å². The van der Waals surface area contributed by atoms with Crippen molar-refractivity contribution in [2.75, 3.05) is 18.1 Å². The highest BCUT2D eigenvalue weighted by molar-refractivity contribution is 6.31. The van der Waals surface area contributed by atoms with Crippen molar-refractivity contribution in [3.63, 3.8) is 0 Å². The molecule has 2 heterocycles. The number of hydrogen-bond donors (Lipinski definition) is 0. The van der Waals surface area contributed by atoms with Crippen LogP contribution in [0.4, 0.5) is 5.95 Å². The zero-order valence-electron chi connectivity index (χ0n) is 17.8. The molecule has 1 aliphatic heterocycles. The predicted octanol–water partition coefficient (Wildman–Crippen LogP) is 5.00. The molecule has 7 heteroatoms. The van der Waals surface area contributed by atoms with Gasteiger partial charge >= 0.3 is 5.97 Å². The van der Waals surface area contributed by atoms with Gasteiger partial charge in [-0.15, -0.1) is 0 Å². The number of nitrogens with zero attached hydrogens (tertiary/aromatic N) is 3. The second kappa shape index (κ2) is 9.10. The van der Waals surface area contributed by atoms with Crippen molar-refractivity contribution in [1.82, 2.24) is 9.55 Å². The zero-order valence-corrected chi connectivity index (χ0v) is 18.5. The van der Waals surface area contributed by atoms with Crippen molar-refractivity contribution < 1.29 is 14.3 Å². The number of halogens is 1. The van der Waals surface area contributed by atoms with Crippen LogP contribution < -0.4 is 4.90 Å². The molecule has 1 aliphatic rings. The fourth-order valence-electron chi connectivity index (χ4n) is 4.27. The fraction of sp³-hybridized carbons (Fsp3) is 0.375. The number of imidazole rings is 1. The monoisotopic (exact) mass is 439 g/mol. The summed E-state index contributed by atoms with van der Waals surface area (Å²) in [5.74, 6) is -1.32. The summed E-state index contributed by atoms with van der Waals surface area (Å²) >= 11 is 6.57. The predicted molar refractivity (Wildman–Crippen MR) is 121 cm³/mol. The molecule has 4 rings (SSSR count). The van der Waals surface area contributed by atoms with Crippen molar-refractivity contribution in [2.24, 2.45) is 5.92 Å². The zero-order chi connectivity index (χ0) is 22.0. The van der Waals surface area contributed by atoms with Gasteiger partial charge in [0.25, 0.3) is 0 Å². The smallest absolute Gasteiger partial charge is 0.321 e. The molecule has 0 N–H and O–H groups in total. The van der Waals surface area contributed by atoms with Crippen molar-refractivity contribution in [1.29, 1.82) is 0 Å². The highest BCUT2D eigenvalue weighted by atomic mass is 35.5. The minimum absolute atomic E-state index is 0.200. The molecule has 1 aromatic heterocycles. The number of carbonyl (C=O) groups is 2. The molecule has 0 radical (unpaired) electrons. The third-order valence-corrected chi connectivity index (χ3v) is 6.04. The summed E-state index contributed by atoms with van der Waals surface area (Å²) in [6.45, 7) is 4.56. The van der Waals surface area contributed by atoms with E-state index in [4.69, 9.17) is 21.3 Å². The molecule has 2 atom stereocenters. The highest BCUT2D eigenvalue weighted by Crippen LogP contribution is 2.43. The second-order valence-electron chi connectivity index (χ2n) is 7.66. The Hall–Kier alpha value is -2.86. The molecule has 162 valence electrons. The Morgan fingerprint density at radius 2 is 1.84 bits per heavy atom. The summed E-state index contributed by atoms with van der Waals surface area (Å²) < 4.78 is 7.34. The lowest BCUT2D eigenvalue weighted by molar-refractivity contribution is -0.153. The van der Waals surface area contributed by atoms with E-state index in [-0.39, 0.29) is 12.5 Å². The molecule has 3 aromatic rings. The molecule has 0 bridgehead atoms. The van der Waals surface area contributed by atoms with Gasteiger partial charge in [0.05, 0.1) is 23.7 Å². The number of amides is 1. The van der Waals surface area contributed by atoms with Crippen LogP contribution in [0.2, 0.25) is 5.02 Å². The second-order valence-corrected chi connectivity index (χ2v) is 8.07. The molecular weight excluding hydrogens is 414 g/mol. The van der Waals surface area contributed by atoms with Crippen LogP contribution in [-0.2, 0) is 14.3 Å². The van der Waals surface area contributed by atoms with Gasteiger partial charge in [-0.05, 0) is 37.1 Å². The van der Waals surface area contributed by atoms with Crippen LogP contribution in [0.25, 0.3) is 11.0 Å². The van der Waals surface area contributed by atoms with E-state index >= 15 is 0 Å². The van der Waals surface area contributed by atoms with Gasteiger partial charge < -0.3 is 9.30 Å². The van der Waals surface area contributed by atoms with Crippen LogP contribution in [0.5, 0.6) is 0 Å². The highest BCUT2D eigenvalue weighted by Gasteiger charge is 2.48. The summed E-state index contributed by atoms with van der Waals surface area (Å²) in [7, 11) is 0. The van der Waals surface area contributed by atoms with Crippen molar-refractivity contribution >= 4 is 40.5 Å². The normalized spacial score (nSPS) is 18.3. The van der Waals surface area contributed by atoms with Crippen molar-refractivity contribution in [2.45, 2.75) is 39.2 Å². The minimum Gasteiger partial charge on any atom is -0.465 e. The Morgan fingerprint density at radius 1 is 1.10 bits per heavy atom.